The number of halogens is 2. The Bertz CT molecular complexity index is 793. The Morgan fingerprint density at radius 2 is 2.12 bits per heavy atom. The highest BCUT2D eigenvalue weighted by Gasteiger charge is 2.44. The molecule has 0 unspecified atom stereocenters. The SMILES string of the molecule is CC(C)N(Cc1ccc(-c2noc(C(C)(F)F)n2)s1)C(=O)C1(C)COC1. The third kappa shape index (κ3) is 3.64. The quantitative estimate of drug-likeness (QED) is 0.759. The average molecular weight is 385 g/mol. The van der Waals surface area contributed by atoms with Gasteiger partial charge < -0.3 is 14.2 Å². The van der Waals surface area contributed by atoms with Crippen molar-refractivity contribution >= 4 is 17.2 Å². The van der Waals surface area contributed by atoms with Crippen molar-refractivity contribution in [3.05, 3.63) is 22.9 Å². The monoisotopic (exact) mass is 385 g/mol. The zero-order valence-corrected chi connectivity index (χ0v) is 15.9. The minimum atomic E-state index is -3.17. The number of ether oxygens (including phenoxy) is 1. The molecule has 1 saturated heterocycles. The summed E-state index contributed by atoms with van der Waals surface area (Å²) >= 11 is 1.35. The van der Waals surface area contributed by atoms with E-state index >= 15 is 0 Å². The van der Waals surface area contributed by atoms with Crippen LogP contribution >= 0.6 is 11.3 Å². The lowest BCUT2D eigenvalue weighted by molar-refractivity contribution is -0.171. The highest BCUT2D eigenvalue weighted by atomic mass is 32.1. The lowest BCUT2D eigenvalue weighted by atomic mass is 9.86. The van der Waals surface area contributed by atoms with Gasteiger partial charge in [0.15, 0.2) is 0 Å². The van der Waals surface area contributed by atoms with E-state index in [1.54, 1.807) is 11.0 Å². The van der Waals surface area contributed by atoms with Gasteiger partial charge >= 0.3 is 5.92 Å². The number of carbonyl (C=O) groups excluding carboxylic acids is 1. The summed E-state index contributed by atoms with van der Waals surface area (Å²) in [4.78, 5) is 19.9. The summed E-state index contributed by atoms with van der Waals surface area (Å²) < 4.78 is 36.3. The van der Waals surface area contributed by atoms with Crippen molar-refractivity contribution in [3.63, 3.8) is 0 Å². The molecular weight excluding hydrogens is 364 g/mol. The van der Waals surface area contributed by atoms with Gasteiger partial charge in [-0.3, -0.25) is 4.79 Å². The fraction of sp³-hybridized carbons (Fsp3) is 0.588. The van der Waals surface area contributed by atoms with Crippen LogP contribution in [-0.4, -0.2) is 40.2 Å². The number of amides is 1. The second-order valence-electron chi connectivity index (χ2n) is 7.16. The van der Waals surface area contributed by atoms with Gasteiger partial charge in [0.25, 0.3) is 5.89 Å². The minimum absolute atomic E-state index is 0.0287. The summed E-state index contributed by atoms with van der Waals surface area (Å²) in [5, 5.41) is 3.62. The highest BCUT2D eigenvalue weighted by Crippen LogP contribution is 2.33. The van der Waals surface area contributed by atoms with E-state index in [2.05, 4.69) is 14.7 Å². The number of rotatable bonds is 6. The predicted molar refractivity (Wildman–Crippen MR) is 91.8 cm³/mol. The molecular formula is C17H21F2N3O3S. The number of nitrogens with zero attached hydrogens (tertiary/aromatic N) is 3. The molecule has 9 heteroatoms. The first kappa shape index (κ1) is 18.9. The van der Waals surface area contributed by atoms with E-state index < -0.39 is 17.2 Å². The molecule has 0 atom stereocenters. The van der Waals surface area contributed by atoms with Crippen LogP contribution < -0.4 is 0 Å². The van der Waals surface area contributed by atoms with Crippen molar-refractivity contribution in [3.8, 4) is 10.7 Å². The zero-order chi connectivity index (χ0) is 19.1. The van der Waals surface area contributed by atoms with Gasteiger partial charge in [0, 0.05) is 17.8 Å². The van der Waals surface area contributed by atoms with Crippen molar-refractivity contribution in [1.29, 1.82) is 0 Å². The van der Waals surface area contributed by atoms with Crippen LogP contribution in [0.3, 0.4) is 0 Å². The molecule has 142 valence electrons. The van der Waals surface area contributed by atoms with Gasteiger partial charge in [0.1, 0.15) is 0 Å². The van der Waals surface area contributed by atoms with Crippen molar-refractivity contribution < 1.29 is 22.8 Å². The fourth-order valence-corrected chi connectivity index (χ4v) is 3.55. The average Bonchev–Trinajstić information content (AvgIpc) is 3.17. The molecule has 1 fully saturated rings. The number of carbonyl (C=O) groups is 1. The lowest BCUT2D eigenvalue weighted by Gasteiger charge is -2.41. The van der Waals surface area contributed by atoms with Crippen LogP contribution in [0.25, 0.3) is 10.7 Å². The van der Waals surface area contributed by atoms with E-state index in [0.717, 1.165) is 4.88 Å². The van der Waals surface area contributed by atoms with Gasteiger partial charge in [-0.15, -0.1) is 11.3 Å². The molecule has 3 heterocycles. The molecule has 0 aromatic carbocycles. The summed E-state index contributed by atoms with van der Waals surface area (Å²) in [6, 6.07) is 3.63. The van der Waals surface area contributed by atoms with Crippen LogP contribution in [-0.2, 0) is 22.0 Å². The molecule has 6 nitrogen and oxygen atoms in total. The third-order valence-electron chi connectivity index (χ3n) is 4.25. The maximum atomic E-state index is 13.2. The summed E-state index contributed by atoms with van der Waals surface area (Å²) in [6.07, 6.45) is 0. The maximum Gasteiger partial charge on any atom is 0.322 e. The Hall–Kier alpha value is -1.87. The molecule has 0 aliphatic carbocycles. The van der Waals surface area contributed by atoms with Crippen LogP contribution in [0.4, 0.5) is 8.78 Å². The number of alkyl halides is 2. The second kappa shape index (κ2) is 6.70. The Morgan fingerprint density at radius 1 is 1.42 bits per heavy atom. The van der Waals surface area contributed by atoms with Crippen LogP contribution in [0.1, 0.15) is 38.5 Å². The molecule has 0 saturated carbocycles. The molecule has 2 aromatic heterocycles. The third-order valence-corrected chi connectivity index (χ3v) is 5.32. The summed E-state index contributed by atoms with van der Waals surface area (Å²) in [5.41, 5.74) is -0.473. The molecule has 0 bridgehead atoms. The Kier molecular flexibility index (Phi) is 4.87. The topological polar surface area (TPSA) is 68.5 Å². The van der Waals surface area contributed by atoms with Gasteiger partial charge in [0.05, 0.1) is 30.1 Å². The normalized spacial score (nSPS) is 16.6. The largest absolute Gasteiger partial charge is 0.379 e. The molecule has 0 radical (unpaired) electrons. The molecule has 0 N–H and O–H groups in total. The van der Waals surface area contributed by atoms with Gasteiger partial charge in [-0.1, -0.05) is 5.16 Å². The first-order valence-corrected chi connectivity index (χ1v) is 9.12. The van der Waals surface area contributed by atoms with Crippen molar-refractivity contribution in [1.82, 2.24) is 15.0 Å². The number of hydrogen-bond donors (Lipinski definition) is 0. The molecule has 26 heavy (non-hydrogen) atoms. The smallest absolute Gasteiger partial charge is 0.322 e. The molecule has 1 amide bonds. The van der Waals surface area contributed by atoms with Gasteiger partial charge in [0.2, 0.25) is 11.7 Å². The number of hydrogen-bond acceptors (Lipinski definition) is 6. The molecule has 3 rings (SSSR count). The van der Waals surface area contributed by atoms with E-state index in [0.29, 0.717) is 31.6 Å². The van der Waals surface area contributed by atoms with Crippen LogP contribution in [0.2, 0.25) is 0 Å². The van der Waals surface area contributed by atoms with Crippen LogP contribution in [0, 0.1) is 5.41 Å². The van der Waals surface area contributed by atoms with Crippen LogP contribution in [0.5, 0.6) is 0 Å². The molecule has 1 aliphatic rings. The van der Waals surface area contributed by atoms with E-state index in [4.69, 9.17) is 4.74 Å². The van der Waals surface area contributed by atoms with E-state index in [-0.39, 0.29) is 17.8 Å². The molecule has 1 aliphatic heterocycles. The van der Waals surface area contributed by atoms with Crippen molar-refractivity contribution in [2.24, 2.45) is 5.41 Å². The highest BCUT2D eigenvalue weighted by molar-refractivity contribution is 7.15. The molecule has 2 aromatic rings. The standard InChI is InChI=1S/C17H21F2N3O3S/c1-10(2)22(15(23)16(3)8-24-9-16)7-11-5-6-12(26-11)13-20-14(25-21-13)17(4,18)19/h5-6,10H,7-9H2,1-4H3. The van der Waals surface area contributed by atoms with Crippen molar-refractivity contribution in [2.45, 2.75) is 46.2 Å². The minimum Gasteiger partial charge on any atom is -0.379 e. The summed E-state index contributed by atoms with van der Waals surface area (Å²) in [7, 11) is 0. The van der Waals surface area contributed by atoms with Crippen LogP contribution in [0.15, 0.2) is 16.7 Å². The van der Waals surface area contributed by atoms with Gasteiger partial charge in [-0.2, -0.15) is 13.8 Å². The zero-order valence-electron chi connectivity index (χ0n) is 15.1. The first-order chi connectivity index (χ1) is 12.1. The van der Waals surface area contributed by atoms with E-state index in [1.807, 2.05) is 26.8 Å². The van der Waals surface area contributed by atoms with Gasteiger partial charge in [-0.25, -0.2) is 0 Å². The molecule has 0 spiro atoms. The van der Waals surface area contributed by atoms with Gasteiger partial charge in [-0.05, 0) is 32.9 Å². The Balaban J connectivity index is 1.76. The Morgan fingerprint density at radius 3 is 2.62 bits per heavy atom. The van der Waals surface area contributed by atoms with Crippen molar-refractivity contribution in [2.75, 3.05) is 13.2 Å². The second-order valence-corrected chi connectivity index (χ2v) is 8.33. The summed E-state index contributed by atoms with van der Waals surface area (Å²) in [5.74, 6) is -3.70. The van der Waals surface area contributed by atoms with E-state index in [1.165, 1.54) is 11.3 Å². The number of aromatic nitrogens is 2. The maximum absolute atomic E-state index is 13.2. The predicted octanol–water partition coefficient (Wildman–Crippen LogP) is 3.68. The fourth-order valence-electron chi connectivity index (χ4n) is 2.62. The number of thiophene rings is 1. The van der Waals surface area contributed by atoms with E-state index in [9.17, 15) is 13.6 Å². The first-order valence-electron chi connectivity index (χ1n) is 8.30. The lowest BCUT2D eigenvalue weighted by Crippen LogP contribution is -2.54. The summed E-state index contributed by atoms with van der Waals surface area (Å²) in [6.45, 7) is 7.84. The Labute approximate surface area is 154 Å².